The van der Waals surface area contributed by atoms with Crippen LogP contribution in [0.3, 0.4) is 0 Å². The normalized spacial score (nSPS) is 11.0. The highest BCUT2D eigenvalue weighted by Gasteiger charge is 2.14. The van der Waals surface area contributed by atoms with E-state index in [1.54, 1.807) is 53.1 Å². The van der Waals surface area contributed by atoms with Crippen molar-refractivity contribution >= 4 is 46.4 Å². The van der Waals surface area contributed by atoms with Crippen LogP contribution in [0.15, 0.2) is 60.8 Å². The van der Waals surface area contributed by atoms with E-state index in [-0.39, 0.29) is 5.91 Å². The third kappa shape index (κ3) is 3.83. The molecular formula is C20H13Cl3N4O. The summed E-state index contributed by atoms with van der Waals surface area (Å²) in [6, 6.07) is 15.9. The Morgan fingerprint density at radius 3 is 2.43 bits per heavy atom. The van der Waals surface area contributed by atoms with Gasteiger partial charge in [0.1, 0.15) is 0 Å². The number of fused-ring (bicyclic) bond motifs is 1. The molecule has 0 aliphatic heterocycles. The molecule has 1 N–H and O–H groups in total. The fourth-order valence-corrected chi connectivity index (χ4v) is 3.39. The van der Waals surface area contributed by atoms with Crippen LogP contribution in [0.4, 0.5) is 0 Å². The van der Waals surface area contributed by atoms with E-state index in [9.17, 15) is 4.79 Å². The van der Waals surface area contributed by atoms with Crippen molar-refractivity contribution in [2.45, 2.75) is 6.54 Å². The van der Waals surface area contributed by atoms with Crippen LogP contribution in [0.5, 0.6) is 0 Å². The SMILES string of the molecule is O=C(NCc1ccc(Cl)cc1)c1ccc2nnc(-c3ccc(Cl)cc3Cl)n2c1. The van der Waals surface area contributed by atoms with Crippen molar-refractivity contribution in [3.8, 4) is 11.4 Å². The molecular weight excluding hydrogens is 419 g/mol. The molecule has 0 unspecified atom stereocenters. The molecule has 0 saturated carbocycles. The lowest BCUT2D eigenvalue weighted by Crippen LogP contribution is -2.23. The van der Waals surface area contributed by atoms with Crippen LogP contribution in [0.25, 0.3) is 17.0 Å². The molecule has 0 radical (unpaired) electrons. The molecule has 4 aromatic rings. The Morgan fingerprint density at radius 1 is 0.929 bits per heavy atom. The van der Waals surface area contributed by atoms with E-state index >= 15 is 0 Å². The number of aromatic nitrogens is 3. The third-order valence-corrected chi connectivity index (χ3v) is 5.00. The predicted molar refractivity (Wildman–Crippen MR) is 111 cm³/mol. The number of carbonyl (C=O) groups excluding carboxylic acids is 1. The lowest BCUT2D eigenvalue weighted by molar-refractivity contribution is 0.0950. The fourth-order valence-electron chi connectivity index (χ4n) is 2.77. The maximum atomic E-state index is 12.6. The van der Waals surface area contributed by atoms with Gasteiger partial charge in [-0.1, -0.05) is 46.9 Å². The maximum Gasteiger partial charge on any atom is 0.253 e. The number of benzene rings is 2. The third-order valence-electron chi connectivity index (χ3n) is 4.20. The standard InChI is InChI=1S/C20H13Cl3N4O/c21-14-4-1-12(2-5-14)10-24-20(28)13-3-8-18-25-26-19(27(18)11-13)16-7-6-15(22)9-17(16)23/h1-9,11H,10H2,(H,24,28). The zero-order chi connectivity index (χ0) is 19.7. The van der Waals surface area contributed by atoms with Gasteiger partial charge in [-0.25, -0.2) is 0 Å². The van der Waals surface area contributed by atoms with Crippen LogP contribution >= 0.6 is 34.8 Å². The topological polar surface area (TPSA) is 59.3 Å². The van der Waals surface area contributed by atoms with Crippen molar-refractivity contribution in [1.29, 1.82) is 0 Å². The van der Waals surface area contributed by atoms with E-state index in [1.165, 1.54) is 0 Å². The van der Waals surface area contributed by atoms with Crippen LogP contribution in [0, 0.1) is 0 Å². The van der Waals surface area contributed by atoms with Crippen LogP contribution in [-0.2, 0) is 6.54 Å². The summed E-state index contributed by atoms with van der Waals surface area (Å²) in [5, 5.41) is 12.9. The predicted octanol–water partition coefficient (Wildman–Crippen LogP) is 5.29. The summed E-state index contributed by atoms with van der Waals surface area (Å²) in [5.74, 6) is 0.322. The molecule has 0 aliphatic rings. The highest BCUT2D eigenvalue weighted by Crippen LogP contribution is 2.29. The van der Waals surface area contributed by atoms with Crippen LogP contribution in [-0.4, -0.2) is 20.5 Å². The molecule has 0 atom stereocenters. The summed E-state index contributed by atoms with van der Waals surface area (Å²) in [6.45, 7) is 0.395. The molecule has 0 saturated heterocycles. The van der Waals surface area contributed by atoms with Gasteiger partial charge in [-0.05, 0) is 48.0 Å². The molecule has 5 nitrogen and oxygen atoms in total. The number of rotatable bonds is 4. The van der Waals surface area contributed by atoms with Gasteiger partial charge in [0.15, 0.2) is 11.5 Å². The number of nitrogens with one attached hydrogen (secondary N) is 1. The number of pyridine rings is 1. The second-order valence-electron chi connectivity index (χ2n) is 6.10. The fraction of sp³-hybridized carbons (Fsp3) is 0.0500. The Kier molecular flexibility index (Phi) is 5.22. The van der Waals surface area contributed by atoms with Crippen molar-refractivity contribution in [3.05, 3.63) is 87.0 Å². The van der Waals surface area contributed by atoms with Crippen LogP contribution in [0.1, 0.15) is 15.9 Å². The van der Waals surface area contributed by atoms with Crippen LogP contribution in [0.2, 0.25) is 15.1 Å². The molecule has 0 bridgehead atoms. The molecule has 2 aromatic carbocycles. The van der Waals surface area contributed by atoms with E-state index < -0.39 is 0 Å². The van der Waals surface area contributed by atoms with Gasteiger partial charge >= 0.3 is 0 Å². The van der Waals surface area contributed by atoms with Gasteiger partial charge in [-0.3, -0.25) is 9.20 Å². The highest BCUT2D eigenvalue weighted by molar-refractivity contribution is 6.36. The zero-order valence-electron chi connectivity index (χ0n) is 14.4. The second-order valence-corrected chi connectivity index (χ2v) is 7.38. The van der Waals surface area contributed by atoms with Crippen molar-refractivity contribution in [2.75, 3.05) is 0 Å². The Morgan fingerprint density at radius 2 is 1.68 bits per heavy atom. The summed E-state index contributed by atoms with van der Waals surface area (Å²) >= 11 is 18.1. The zero-order valence-corrected chi connectivity index (χ0v) is 16.6. The molecule has 4 rings (SSSR count). The number of hydrogen-bond donors (Lipinski definition) is 1. The van der Waals surface area contributed by atoms with Gasteiger partial charge in [0.2, 0.25) is 0 Å². The van der Waals surface area contributed by atoms with Crippen LogP contribution < -0.4 is 5.32 Å². The van der Waals surface area contributed by atoms with Gasteiger partial charge in [0.05, 0.1) is 10.6 Å². The van der Waals surface area contributed by atoms with E-state index in [4.69, 9.17) is 34.8 Å². The van der Waals surface area contributed by atoms with Crippen molar-refractivity contribution in [3.63, 3.8) is 0 Å². The molecule has 0 spiro atoms. The molecule has 140 valence electrons. The highest BCUT2D eigenvalue weighted by atomic mass is 35.5. The summed E-state index contributed by atoms with van der Waals surface area (Å²) in [6.07, 6.45) is 1.69. The first-order chi connectivity index (χ1) is 13.5. The first-order valence-electron chi connectivity index (χ1n) is 8.34. The summed E-state index contributed by atoms with van der Waals surface area (Å²) < 4.78 is 1.73. The summed E-state index contributed by atoms with van der Waals surface area (Å²) in [4.78, 5) is 12.6. The number of nitrogens with zero attached hydrogens (tertiary/aromatic N) is 3. The monoisotopic (exact) mass is 430 g/mol. The molecule has 0 fully saturated rings. The minimum atomic E-state index is -0.210. The minimum Gasteiger partial charge on any atom is -0.348 e. The molecule has 2 heterocycles. The van der Waals surface area contributed by atoms with Gasteiger partial charge in [0.25, 0.3) is 5.91 Å². The molecule has 2 aromatic heterocycles. The average Bonchev–Trinajstić information content (AvgIpc) is 3.10. The van der Waals surface area contributed by atoms with E-state index in [0.717, 1.165) is 5.56 Å². The lowest BCUT2D eigenvalue weighted by atomic mass is 10.2. The lowest BCUT2D eigenvalue weighted by Gasteiger charge is -2.07. The molecule has 1 amide bonds. The smallest absolute Gasteiger partial charge is 0.253 e. The van der Waals surface area contributed by atoms with Gasteiger partial charge in [0, 0.05) is 28.4 Å². The Labute approximate surface area is 175 Å². The van der Waals surface area contributed by atoms with Crippen molar-refractivity contribution < 1.29 is 4.79 Å². The number of halogens is 3. The number of hydrogen-bond acceptors (Lipinski definition) is 3. The molecule has 28 heavy (non-hydrogen) atoms. The Balaban J connectivity index is 1.61. The molecule has 0 aliphatic carbocycles. The Hall–Kier alpha value is -2.60. The summed E-state index contributed by atoms with van der Waals surface area (Å²) in [5.41, 5.74) is 2.72. The first-order valence-corrected chi connectivity index (χ1v) is 9.47. The van der Waals surface area contributed by atoms with Gasteiger partial charge < -0.3 is 5.32 Å². The van der Waals surface area contributed by atoms with Gasteiger partial charge in [-0.2, -0.15) is 0 Å². The minimum absolute atomic E-state index is 0.210. The Bertz CT molecular complexity index is 1170. The first kappa shape index (κ1) is 18.7. The second kappa shape index (κ2) is 7.80. The molecule has 8 heteroatoms. The van der Waals surface area contributed by atoms with Crippen molar-refractivity contribution in [1.82, 2.24) is 19.9 Å². The van der Waals surface area contributed by atoms with Gasteiger partial charge in [-0.15, -0.1) is 10.2 Å². The van der Waals surface area contributed by atoms with E-state index in [1.807, 2.05) is 12.1 Å². The summed E-state index contributed by atoms with van der Waals surface area (Å²) in [7, 11) is 0. The maximum absolute atomic E-state index is 12.6. The van der Waals surface area contributed by atoms with E-state index in [0.29, 0.717) is 44.2 Å². The number of amides is 1. The quantitative estimate of drug-likeness (QED) is 0.478. The number of carbonyl (C=O) groups is 1. The average molecular weight is 432 g/mol. The van der Waals surface area contributed by atoms with Crippen molar-refractivity contribution in [2.24, 2.45) is 0 Å². The van der Waals surface area contributed by atoms with E-state index in [2.05, 4.69) is 15.5 Å². The largest absolute Gasteiger partial charge is 0.348 e.